The number of nitrogens with one attached hydrogen (secondary N) is 2. The van der Waals surface area contributed by atoms with Crippen LogP contribution in [-0.4, -0.2) is 52.0 Å². The van der Waals surface area contributed by atoms with Crippen LogP contribution in [0.4, 0.5) is 10.5 Å². The van der Waals surface area contributed by atoms with Crippen molar-refractivity contribution >= 4 is 46.1 Å². The third-order valence-electron chi connectivity index (χ3n) is 6.64. The second-order valence-corrected chi connectivity index (χ2v) is 13.7. The van der Waals surface area contributed by atoms with Crippen molar-refractivity contribution in [2.24, 2.45) is 0 Å². The van der Waals surface area contributed by atoms with Gasteiger partial charge in [0.2, 0.25) is 5.91 Å². The molecule has 2 N–H and O–H groups in total. The first-order valence-corrected chi connectivity index (χ1v) is 15.7. The minimum absolute atomic E-state index is 0.334. The van der Waals surface area contributed by atoms with Crippen LogP contribution in [0.2, 0.25) is 0 Å². The van der Waals surface area contributed by atoms with E-state index in [1.165, 1.54) is 0 Å². The summed E-state index contributed by atoms with van der Waals surface area (Å²) >= 11 is 1.58. The number of thioether (sulfide) groups is 1. The van der Waals surface area contributed by atoms with Gasteiger partial charge in [0.15, 0.2) is 0 Å². The lowest BCUT2D eigenvalue weighted by atomic mass is 9.93. The molecule has 0 spiro atoms. The molecule has 0 aliphatic rings. The highest BCUT2D eigenvalue weighted by atomic mass is 32.2. The van der Waals surface area contributed by atoms with Gasteiger partial charge in [-0.15, -0.1) is 0 Å². The standard InChI is InChI=1S/C34H45N3O4S/c1-22-18-23(2)20-26(19-22)29(30(38)35-27-15-14-24-12-10-11-13-25(24)21-27)37(33(3,4)5)31(39)28(16-17-42-9)36-32(40)41-34(6,7)8/h10-15,18-21,28-29H,16-17H2,1-9H3,(H,35,38)(H,36,40). The van der Waals surface area contributed by atoms with Gasteiger partial charge in [0.25, 0.3) is 5.91 Å². The number of nitrogens with zero attached hydrogens (tertiary/aromatic N) is 1. The topological polar surface area (TPSA) is 87.7 Å². The van der Waals surface area contributed by atoms with Gasteiger partial charge in [-0.3, -0.25) is 9.59 Å². The van der Waals surface area contributed by atoms with Crippen LogP contribution in [0.1, 0.15) is 70.7 Å². The number of aryl methyl sites for hydroxylation is 2. The predicted octanol–water partition coefficient (Wildman–Crippen LogP) is 7.41. The van der Waals surface area contributed by atoms with E-state index in [-0.39, 0.29) is 11.8 Å². The molecule has 0 bridgehead atoms. The van der Waals surface area contributed by atoms with Crippen molar-refractivity contribution in [1.82, 2.24) is 10.2 Å². The van der Waals surface area contributed by atoms with Crippen LogP contribution in [0, 0.1) is 13.8 Å². The number of fused-ring (bicyclic) bond motifs is 1. The molecule has 42 heavy (non-hydrogen) atoms. The molecule has 3 aromatic rings. The summed E-state index contributed by atoms with van der Waals surface area (Å²) in [5.41, 5.74) is 1.83. The Hall–Kier alpha value is -3.52. The Bertz CT molecular complexity index is 1400. The first-order valence-electron chi connectivity index (χ1n) is 14.3. The SMILES string of the molecule is CSCCC(NC(=O)OC(C)(C)C)C(=O)N(C(C(=O)Nc1ccc2ccccc2c1)c1cc(C)cc(C)c1)C(C)(C)C. The maximum Gasteiger partial charge on any atom is 0.408 e. The quantitative estimate of drug-likeness (QED) is 0.271. The van der Waals surface area contributed by atoms with Gasteiger partial charge in [0.05, 0.1) is 0 Å². The van der Waals surface area contributed by atoms with Crippen molar-refractivity contribution < 1.29 is 19.1 Å². The Labute approximate surface area is 254 Å². The normalized spacial score (nSPS) is 13.3. The number of alkyl carbamates (subject to hydrolysis) is 1. The van der Waals surface area contributed by atoms with Crippen LogP contribution < -0.4 is 10.6 Å². The molecule has 0 fully saturated rings. The van der Waals surface area contributed by atoms with Crippen molar-refractivity contribution in [1.29, 1.82) is 0 Å². The van der Waals surface area contributed by atoms with E-state index in [1.54, 1.807) is 37.4 Å². The van der Waals surface area contributed by atoms with Crippen LogP contribution in [-0.2, 0) is 14.3 Å². The molecule has 0 radical (unpaired) electrons. The molecular formula is C34H45N3O4S. The van der Waals surface area contributed by atoms with Crippen molar-refractivity contribution in [3.8, 4) is 0 Å². The summed E-state index contributed by atoms with van der Waals surface area (Å²) in [6.07, 6.45) is 1.67. The smallest absolute Gasteiger partial charge is 0.408 e. The van der Waals surface area contributed by atoms with E-state index in [9.17, 15) is 14.4 Å². The maximum atomic E-state index is 14.5. The van der Waals surface area contributed by atoms with Crippen LogP contribution in [0.15, 0.2) is 60.7 Å². The zero-order chi connectivity index (χ0) is 31.2. The summed E-state index contributed by atoms with van der Waals surface area (Å²) in [4.78, 5) is 43.2. The molecular weight excluding hydrogens is 546 g/mol. The van der Waals surface area contributed by atoms with E-state index in [1.807, 2.05) is 102 Å². The number of amides is 3. The monoisotopic (exact) mass is 591 g/mol. The minimum atomic E-state index is -0.959. The average Bonchev–Trinajstić information content (AvgIpc) is 2.86. The second-order valence-electron chi connectivity index (χ2n) is 12.7. The number of ether oxygens (including phenoxy) is 1. The minimum Gasteiger partial charge on any atom is -0.444 e. The van der Waals surface area contributed by atoms with Gasteiger partial charge in [0.1, 0.15) is 17.7 Å². The number of hydrogen-bond donors (Lipinski definition) is 2. The molecule has 0 heterocycles. The van der Waals surface area contributed by atoms with Gasteiger partial charge in [-0.05, 0) is 102 Å². The van der Waals surface area contributed by atoms with Crippen LogP contribution in [0.3, 0.4) is 0 Å². The van der Waals surface area contributed by atoms with E-state index in [0.717, 1.165) is 21.9 Å². The maximum absolute atomic E-state index is 14.5. The Morgan fingerprint density at radius 2 is 1.50 bits per heavy atom. The summed E-state index contributed by atoms with van der Waals surface area (Å²) in [6, 6.07) is 17.8. The van der Waals surface area contributed by atoms with Gasteiger partial charge < -0.3 is 20.3 Å². The van der Waals surface area contributed by atoms with Gasteiger partial charge in [0, 0.05) is 11.2 Å². The fourth-order valence-electron chi connectivity index (χ4n) is 5.02. The summed E-state index contributed by atoms with van der Waals surface area (Å²) in [7, 11) is 0. The number of carbonyl (C=O) groups excluding carboxylic acids is 3. The molecule has 0 aliphatic carbocycles. The molecule has 2 atom stereocenters. The Morgan fingerprint density at radius 1 is 0.881 bits per heavy atom. The molecule has 8 heteroatoms. The molecule has 3 amide bonds. The van der Waals surface area contributed by atoms with Crippen molar-refractivity contribution in [3.63, 3.8) is 0 Å². The largest absolute Gasteiger partial charge is 0.444 e. The molecule has 2 unspecified atom stereocenters. The molecule has 226 valence electrons. The fraction of sp³-hybridized carbons (Fsp3) is 0.441. The predicted molar refractivity (Wildman–Crippen MR) is 174 cm³/mol. The molecule has 3 aromatic carbocycles. The summed E-state index contributed by atoms with van der Waals surface area (Å²) in [6.45, 7) is 15.0. The number of rotatable bonds is 9. The third-order valence-corrected chi connectivity index (χ3v) is 7.29. The zero-order valence-corrected chi connectivity index (χ0v) is 27.1. The lowest BCUT2D eigenvalue weighted by molar-refractivity contribution is -0.146. The molecule has 0 saturated carbocycles. The second kappa shape index (κ2) is 13.6. The highest BCUT2D eigenvalue weighted by Crippen LogP contribution is 2.33. The van der Waals surface area contributed by atoms with Crippen LogP contribution in [0.5, 0.6) is 0 Å². The van der Waals surface area contributed by atoms with Crippen molar-refractivity contribution in [2.45, 2.75) is 85.0 Å². The van der Waals surface area contributed by atoms with E-state index in [0.29, 0.717) is 23.4 Å². The first-order chi connectivity index (χ1) is 19.6. The molecule has 0 saturated heterocycles. The number of hydrogen-bond acceptors (Lipinski definition) is 5. The van der Waals surface area contributed by atoms with E-state index >= 15 is 0 Å². The highest BCUT2D eigenvalue weighted by Gasteiger charge is 2.42. The van der Waals surface area contributed by atoms with Gasteiger partial charge >= 0.3 is 6.09 Å². The summed E-state index contributed by atoms with van der Waals surface area (Å²) in [5, 5.41) is 7.95. The summed E-state index contributed by atoms with van der Waals surface area (Å²) < 4.78 is 5.49. The van der Waals surface area contributed by atoms with Gasteiger partial charge in [-0.25, -0.2) is 4.79 Å². The van der Waals surface area contributed by atoms with Crippen molar-refractivity contribution in [2.75, 3.05) is 17.3 Å². The fourth-order valence-corrected chi connectivity index (χ4v) is 5.49. The molecule has 0 aromatic heterocycles. The van der Waals surface area contributed by atoms with E-state index in [2.05, 4.69) is 10.6 Å². The van der Waals surface area contributed by atoms with E-state index < -0.39 is 29.3 Å². The number of benzene rings is 3. The lowest BCUT2D eigenvalue weighted by Gasteiger charge is -2.43. The number of anilines is 1. The Balaban J connectivity index is 2.09. The highest BCUT2D eigenvalue weighted by molar-refractivity contribution is 7.98. The van der Waals surface area contributed by atoms with Crippen LogP contribution in [0.25, 0.3) is 10.8 Å². The summed E-state index contributed by atoms with van der Waals surface area (Å²) in [5.74, 6) is -0.0403. The third kappa shape index (κ3) is 8.99. The van der Waals surface area contributed by atoms with E-state index in [4.69, 9.17) is 4.74 Å². The molecule has 0 aliphatic heterocycles. The van der Waals surface area contributed by atoms with Crippen LogP contribution >= 0.6 is 11.8 Å². The Morgan fingerprint density at radius 3 is 2.07 bits per heavy atom. The zero-order valence-electron chi connectivity index (χ0n) is 26.3. The lowest BCUT2D eigenvalue weighted by Crippen LogP contribution is -2.58. The molecule has 7 nitrogen and oxygen atoms in total. The Kier molecular flexibility index (Phi) is 10.7. The molecule has 3 rings (SSSR count). The van der Waals surface area contributed by atoms with Crippen molar-refractivity contribution in [3.05, 3.63) is 77.4 Å². The van der Waals surface area contributed by atoms with Gasteiger partial charge in [-0.2, -0.15) is 11.8 Å². The van der Waals surface area contributed by atoms with Gasteiger partial charge in [-0.1, -0.05) is 59.7 Å². The number of carbonyl (C=O) groups is 3. The average molecular weight is 592 g/mol. The first kappa shape index (κ1) is 33.0.